The van der Waals surface area contributed by atoms with Crippen LogP contribution in [0.25, 0.3) is 5.69 Å². The van der Waals surface area contributed by atoms with Gasteiger partial charge in [0.1, 0.15) is 11.5 Å². The predicted molar refractivity (Wildman–Crippen MR) is 127 cm³/mol. The molecule has 0 aliphatic carbocycles. The molecule has 0 saturated heterocycles. The fourth-order valence-electron chi connectivity index (χ4n) is 4.50. The summed E-state index contributed by atoms with van der Waals surface area (Å²) in [7, 11) is 1.68. The van der Waals surface area contributed by atoms with Gasteiger partial charge in [0, 0.05) is 49.4 Å². The molecule has 1 aromatic heterocycles. The van der Waals surface area contributed by atoms with Gasteiger partial charge in [0.05, 0.1) is 25.1 Å². The SMILES string of the molecule is COc1ccc(-n2cc3c(n2)CCN(CCCCOc2ccc4c(c2)NC(=O)CC4)C3)cc1. The molecule has 2 aliphatic heterocycles. The molecule has 0 fully saturated rings. The Morgan fingerprint density at radius 1 is 1.00 bits per heavy atom. The lowest BCUT2D eigenvalue weighted by Crippen LogP contribution is -2.31. The Hall–Kier alpha value is -3.32. The van der Waals surface area contributed by atoms with E-state index in [0.29, 0.717) is 13.0 Å². The van der Waals surface area contributed by atoms with Gasteiger partial charge in [0.25, 0.3) is 0 Å². The summed E-state index contributed by atoms with van der Waals surface area (Å²) in [6, 6.07) is 14.0. The van der Waals surface area contributed by atoms with Crippen molar-refractivity contribution in [2.75, 3.05) is 32.1 Å². The molecule has 172 valence electrons. The molecule has 7 nitrogen and oxygen atoms in total. The molecule has 1 amide bonds. The van der Waals surface area contributed by atoms with Crippen LogP contribution >= 0.6 is 0 Å². The number of benzene rings is 2. The lowest BCUT2D eigenvalue weighted by atomic mass is 10.0. The lowest BCUT2D eigenvalue weighted by Gasteiger charge is -2.25. The van der Waals surface area contributed by atoms with Gasteiger partial charge in [0.15, 0.2) is 0 Å². The molecular formula is C26H30N4O3. The average molecular weight is 447 g/mol. The van der Waals surface area contributed by atoms with Crippen LogP contribution in [0.2, 0.25) is 0 Å². The third kappa shape index (κ3) is 5.03. The number of hydrogen-bond acceptors (Lipinski definition) is 5. The van der Waals surface area contributed by atoms with Crippen molar-refractivity contribution < 1.29 is 14.3 Å². The molecule has 7 heteroatoms. The third-order valence-electron chi connectivity index (χ3n) is 6.39. The van der Waals surface area contributed by atoms with Crippen LogP contribution in [0.4, 0.5) is 5.69 Å². The smallest absolute Gasteiger partial charge is 0.224 e. The van der Waals surface area contributed by atoms with Crippen molar-refractivity contribution in [3.05, 3.63) is 65.5 Å². The first kappa shape index (κ1) is 21.5. The van der Waals surface area contributed by atoms with Gasteiger partial charge in [0.2, 0.25) is 5.91 Å². The zero-order valence-corrected chi connectivity index (χ0v) is 19.0. The van der Waals surface area contributed by atoms with Crippen LogP contribution in [-0.4, -0.2) is 47.4 Å². The summed E-state index contributed by atoms with van der Waals surface area (Å²) in [5.74, 6) is 1.76. The molecule has 3 aromatic rings. The van der Waals surface area contributed by atoms with Gasteiger partial charge in [-0.05, 0) is 61.7 Å². The Bertz CT molecular complexity index is 1120. The van der Waals surface area contributed by atoms with E-state index in [9.17, 15) is 4.79 Å². The number of carbonyl (C=O) groups is 1. The van der Waals surface area contributed by atoms with E-state index in [1.807, 2.05) is 41.1 Å². The Balaban J connectivity index is 1.08. The van der Waals surface area contributed by atoms with E-state index in [-0.39, 0.29) is 5.91 Å². The van der Waals surface area contributed by atoms with E-state index in [1.54, 1.807) is 7.11 Å². The van der Waals surface area contributed by atoms with Crippen LogP contribution in [0.15, 0.2) is 48.7 Å². The summed E-state index contributed by atoms with van der Waals surface area (Å²) in [4.78, 5) is 14.1. The Labute approximate surface area is 194 Å². The average Bonchev–Trinajstić information content (AvgIpc) is 3.27. The first-order chi connectivity index (χ1) is 16.2. The number of amides is 1. The van der Waals surface area contributed by atoms with Gasteiger partial charge >= 0.3 is 0 Å². The van der Waals surface area contributed by atoms with Crippen molar-refractivity contribution in [3.8, 4) is 17.2 Å². The number of nitrogens with zero attached hydrogens (tertiary/aromatic N) is 3. The summed E-state index contributed by atoms with van der Waals surface area (Å²) in [5.41, 5.74) is 5.63. The number of methoxy groups -OCH3 is 1. The summed E-state index contributed by atoms with van der Waals surface area (Å²) in [6.07, 6.45) is 6.59. The second kappa shape index (κ2) is 9.67. The van der Waals surface area contributed by atoms with Gasteiger partial charge in [-0.3, -0.25) is 9.69 Å². The second-order valence-electron chi connectivity index (χ2n) is 8.69. The number of fused-ring (bicyclic) bond motifs is 2. The molecule has 2 aliphatic rings. The standard InChI is InChI=1S/C26H30N4O3/c1-32-22-9-6-21(7-10-22)30-18-20-17-29(14-12-24(20)28-30)13-2-3-15-33-23-8-4-19-5-11-26(31)27-25(19)16-23/h4,6-10,16,18H,2-3,5,11-15,17H2,1H3,(H,27,31). The second-order valence-corrected chi connectivity index (χ2v) is 8.69. The van der Waals surface area contributed by atoms with E-state index in [0.717, 1.165) is 68.2 Å². The molecule has 33 heavy (non-hydrogen) atoms. The first-order valence-electron chi connectivity index (χ1n) is 11.7. The minimum atomic E-state index is 0.0823. The van der Waals surface area contributed by atoms with Crippen LogP contribution in [0, 0.1) is 0 Å². The van der Waals surface area contributed by atoms with E-state index >= 15 is 0 Å². The molecule has 5 rings (SSSR count). The number of nitrogens with one attached hydrogen (secondary N) is 1. The molecule has 3 heterocycles. The van der Waals surface area contributed by atoms with E-state index in [1.165, 1.54) is 16.8 Å². The molecule has 1 N–H and O–H groups in total. The normalized spacial score (nSPS) is 15.5. The Morgan fingerprint density at radius 3 is 2.70 bits per heavy atom. The summed E-state index contributed by atoms with van der Waals surface area (Å²) in [6.45, 7) is 3.72. The number of aromatic nitrogens is 2. The molecular weight excluding hydrogens is 416 g/mol. The minimum Gasteiger partial charge on any atom is -0.497 e. The monoisotopic (exact) mass is 446 g/mol. The van der Waals surface area contributed by atoms with Crippen molar-refractivity contribution in [1.29, 1.82) is 0 Å². The summed E-state index contributed by atoms with van der Waals surface area (Å²) in [5, 5.41) is 7.72. The number of ether oxygens (including phenoxy) is 2. The van der Waals surface area contributed by atoms with Crippen molar-refractivity contribution in [1.82, 2.24) is 14.7 Å². The fourth-order valence-corrected chi connectivity index (χ4v) is 4.50. The van der Waals surface area contributed by atoms with Crippen LogP contribution < -0.4 is 14.8 Å². The maximum Gasteiger partial charge on any atom is 0.224 e. The van der Waals surface area contributed by atoms with Crippen molar-refractivity contribution >= 4 is 11.6 Å². The number of hydrogen-bond donors (Lipinski definition) is 1. The first-order valence-corrected chi connectivity index (χ1v) is 11.7. The summed E-state index contributed by atoms with van der Waals surface area (Å²) >= 11 is 0. The topological polar surface area (TPSA) is 68.6 Å². The van der Waals surface area contributed by atoms with Crippen molar-refractivity contribution in [3.63, 3.8) is 0 Å². The van der Waals surface area contributed by atoms with Gasteiger partial charge < -0.3 is 14.8 Å². The number of rotatable bonds is 8. The zero-order valence-electron chi connectivity index (χ0n) is 19.0. The number of carbonyl (C=O) groups excluding carboxylic acids is 1. The summed E-state index contributed by atoms with van der Waals surface area (Å²) < 4.78 is 13.2. The highest BCUT2D eigenvalue weighted by molar-refractivity contribution is 5.94. The fraction of sp³-hybridized carbons (Fsp3) is 0.385. The van der Waals surface area contributed by atoms with Gasteiger partial charge in [-0.2, -0.15) is 5.10 Å². The third-order valence-corrected chi connectivity index (χ3v) is 6.39. The predicted octanol–water partition coefficient (Wildman–Crippen LogP) is 3.98. The molecule has 0 spiro atoms. The van der Waals surface area contributed by atoms with Crippen LogP contribution in [0.1, 0.15) is 36.1 Å². The van der Waals surface area contributed by atoms with Crippen molar-refractivity contribution in [2.24, 2.45) is 0 Å². The van der Waals surface area contributed by atoms with Gasteiger partial charge in [-0.25, -0.2) is 4.68 Å². The van der Waals surface area contributed by atoms with Crippen molar-refractivity contribution in [2.45, 2.75) is 38.6 Å². The number of unbranched alkanes of at least 4 members (excludes halogenated alkanes) is 1. The molecule has 0 saturated carbocycles. The molecule has 0 bridgehead atoms. The van der Waals surface area contributed by atoms with E-state index in [4.69, 9.17) is 14.6 Å². The van der Waals surface area contributed by atoms with Crippen LogP contribution in [-0.2, 0) is 24.2 Å². The Kier molecular flexibility index (Phi) is 6.30. The molecule has 0 radical (unpaired) electrons. The highest BCUT2D eigenvalue weighted by atomic mass is 16.5. The molecule has 0 atom stereocenters. The largest absolute Gasteiger partial charge is 0.497 e. The highest BCUT2D eigenvalue weighted by Crippen LogP contribution is 2.27. The van der Waals surface area contributed by atoms with Crippen LogP contribution in [0.5, 0.6) is 11.5 Å². The zero-order chi connectivity index (χ0) is 22.6. The maximum absolute atomic E-state index is 11.6. The maximum atomic E-state index is 11.6. The number of anilines is 1. The minimum absolute atomic E-state index is 0.0823. The quantitative estimate of drug-likeness (QED) is 0.530. The van der Waals surface area contributed by atoms with Gasteiger partial charge in [-0.15, -0.1) is 0 Å². The lowest BCUT2D eigenvalue weighted by molar-refractivity contribution is -0.116. The van der Waals surface area contributed by atoms with E-state index in [2.05, 4.69) is 22.5 Å². The molecule has 0 unspecified atom stereocenters. The van der Waals surface area contributed by atoms with Gasteiger partial charge in [-0.1, -0.05) is 6.07 Å². The highest BCUT2D eigenvalue weighted by Gasteiger charge is 2.20. The Morgan fingerprint density at radius 2 is 1.85 bits per heavy atom. The van der Waals surface area contributed by atoms with E-state index < -0.39 is 0 Å². The van der Waals surface area contributed by atoms with Crippen LogP contribution in [0.3, 0.4) is 0 Å². The molecule has 2 aromatic carbocycles. The number of aryl methyl sites for hydroxylation is 1.